The second-order valence-corrected chi connectivity index (χ2v) is 6.31. The summed E-state index contributed by atoms with van der Waals surface area (Å²) in [6, 6.07) is 0.713. The zero-order valence-corrected chi connectivity index (χ0v) is 13.5. The number of carbonyl (C=O) groups excluding carboxylic acids is 1. The molecule has 1 amide bonds. The van der Waals surface area contributed by atoms with Crippen molar-refractivity contribution in [3.63, 3.8) is 0 Å². The number of hydrogen-bond acceptors (Lipinski definition) is 5. The molecule has 9 heteroatoms. The molecule has 2 N–H and O–H groups in total. The Hall–Kier alpha value is -2.68. The molecule has 2 aromatic heterocycles. The van der Waals surface area contributed by atoms with Crippen LogP contribution in [0.4, 0.5) is 0 Å². The number of rotatable bonds is 2. The summed E-state index contributed by atoms with van der Waals surface area (Å²) < 4.78 is 2.85. The molecule has 1 aliphatic rings. The van der Waals surface area contributed by atoms with Gasteiger partial charge in [-0.25, -0.2) is 4.79 Å². The van der Waals surface area contributed by atoms with E-state index in [4.69, 9.17) is 0 Å². The number of aromatic nitrogens is 4. The number of β-amino-alcohol motifs (C(OH)–C–C–N with tert-alkyl or cyclic N) is 1. The third-order valence-electron chi connectivity index (χ3n) is 4.33. The van der Waals surface area contributed by atoms with Crippen LogP contribution in [0.1, 0.15) is 29.7 Å². The first-order chi connectivity index (χ1) is 11.3. The molecule has 0 aliphatic carbocycles. The predicted molar refractivity (Wildman–Crippen MR) is 84.7 cm³/mol. The van der Waals surface area contributed by atoms with E-state index in [0.29, 0.717) is 18.5 Å². The second-order valence-electron chi connectivity index (χ2n) is 6.31. The quantitative estimate of drug-likeness (QED) is 0.740. The fraction of sp³-hybridized carbons (Fsp3) is 0.467. The number of aromatic amines is 1. The van der Waals surface area contributed by atoms with Gasteiger partial charge in [-0.1, -0.05) is 0 Å². The van der Waals surface area contributed by atoms with E-state index in [1.807, 2.05) is 0 Å². The van der Waals surface area contributed by atoms with Crippen molar-refractivity contribution in [2.24, 2.45) is 7.05 Å². The lowest BCUT2D eigenvalue weighted by molar-refractivity contribution is -0.0503. The van der Waals surface area contributed by atoms with E-state index >= 15 is 0 Å². The number of nitrogens with zero attached hydrogens (tertiary/aromatic N) is 4. The average Bonchev–Trinajstić information content (AvgIpc) is 2.93. The van der Waals surface area contributed by atoms with Crippen LogP contribution in [0.5, 0.6) is 0 Å². The molecule has 1 saturated heterocycles. The van der Waals surface area contributed by atoms with Crippen molar-refractivity contribution >= 4 is 5.91 Å². The zero-order chi connectivity index (χ0) is 17.5. The second kappa shape index (κ2) is 5.75. The minimum Gasteiger partial charge on any atom is -0.386 e. The minimum atomic E-state index is -1.31. The molecule has 3 heterocycles. The van der Waals surface area contributed by atoms with Gasteiger partial charge in [0.2, 0.25) is 0 Å². The van der Waals surface area contributed by atoms with Gasteiger partial charge in [0.05, 0.1) is 24.3 Å². The first-order valence-corrected chi connectivity index (χ1v) is 7.60. The first kappa shape index (κ1) is 16.2. The van der Waals surface area contributed by atoms with Gasteiger partial charge < -0.3 is 10.0 Å². The third kappa shape index (κ3) is 2.90. The molecule has 1 aliphatic heterocycles. The molecule has 3 rings (SSSR count). The molecule has 0 radical (unpaired) electrons. The number of hydrogen-bond donors (Lipinski definition) is 2. The highest BCUT2D eigenvalue weighted by molar-refractivity contribution is 5.93. The molecule has 0 bridgehead atoms. The number of amides is 1. The molecule has 0 unspecified atom stereocenters. The van der Waals surface area contributed by atoms with Gasteiger partial charge >= 0.3 is 5.69 Å². The average molecular weight is 333 g/mol. The van der Waals surface area contributed by atoms with Crippen LogP contribution in [0, 0.1) is 0 Å². The van der Waals surface area contributed by atoms with Crippen LogP contribution in [0.15, 0.2) is 34.2 Å². The van der Waals surface area contributed by atoms with Crippen LogP contribution < -0.4 is 11.2 Å². The predicted octanol–water partition coefficient (Wildman–Crippen LogP) is -0.892. The number of carbonyl (C=O) groups is 1. The van der Waals surface area contributed by atoms with Crippen molar-refractivity contribution in [2.45, 2.75) is 25.0 Å². The monoisotopic (exact) mass is 333 g/mol. The summed E-state index contributed by atoms with van der Waals surface area (Å²) in [7, 11) is 1.72. The molecule has 0 aromatic carbocycles. The van der Waals surface area contributed by atoms with Gasteiger partial charge in [-0.3, -0.25) is 23.8 Å². The lowest BCUT2D eigenvalue weighted by atomic mass is 9.88. The normalized spacial score (nSPS) is 24.1. The van der Waals surface area contributed by atoms with E-state index in [0.717, 1.165) is 0 Å². The van der Waals surface area contributed by atoms with Gasteiger partial charge in [0.25, 0.3) is 11.5 Å². The molecular formula is C15H19N5O4. The van der Waals surface area contributed by atoms with Crippen LogP contribution in [0.2, 0.25) is 0 Å². The molecular weight excluding hydrogens is 314 g/mol. The van der Waals surface area contributed by atoms with Gasteiger partial charge in [0.1, 0.15) is 5.60 Å². The van der Waals surface area contributed by atoms with Crippen molar-refractivity contribution < 1.29 is 9.90 Å². The standard InChI is InChI=1S/C15H19N5O4/c1-15(24)9-19(13(22)10-7-16-18(2)8-10)5-3-11(15)20-6-4-12(21)17-14(20)23/h4,6-8,11,24H,3,5,9H2,1-2H3,(H,17,21,23)/t11-,15-/m1/s1. The molecule has 0 saturated carbocycles. The molecule has 1 fully saturated rings. The Morgan fingerprint density at radius 2 is 2.21 bits per heavy atom. The zero-order valence-electron chi connectivity index (χ0n) is 13.5. The number of nitrogens with one attached hydrogen (secondary N) is 1. The summed E-state index contributed by atoms with van der Waals surface area (Å²) in [5.41, 5.74) is -1.91. The molecule has 0 spiro atoms. The summed E-state index contributed by atoms with van der Waals surface area (Å²) >= 11 is 0. The Bertz CT molecular complexity index is 878. The van der Waals surface area contributed by atoms with Crippen molar-refractivity contribution in [3.05, 3.63) is 51.1 Å². The minimum absolute atomic E-state index is 0.0803. The Labute approximate surface area is 137 Å². The largest absolute Gasteiger partial charge is 0.386 e. The number of piperidine rings is 1. The summed E-state index contributed by atoms with van der Waals surface area (Å²) in [6.07, 6.45) is 4.87. The van der Waals surface area contributed by atoms with E-state index in [1.165, 1.54) is 27.7 Å². The first-order valence-electron chi connectivity index (χ1n) is 7.60. The van der Waals surface area contributed by atoms with Crippen molar-refractivity contribution in [3.8, 4) is 0 Å². The van der Waals surface area contributed by atoms with Crippen molar-refractivity contribution in [2.75, 3.05) is 13.1 Å². The van der Waals surface area contributed by atoms with E-state index in [2.05, 4.69) is 10.1 Å². The van der Waals surface area contributed by atoms with E-state index in [-0.39, 0.29) is 12.5 Å². The fourth-order valence-corrected chi connectivity index (χ4v) is 3.16. The van der Waals surface area contributed by atoms with Gasteiger partial charge in [-0.15, -0.1) is 0 Å². The summed E-state index contributed by atoms with van der Waals surface area (Å²) in [5, 5.41) is 14.8. The summed E-state index contributed by atoms with van der Waals surface area (Å²) in [5.74, 6) is -0.212. The Morgan fingerprint density at radius 3 is 2.79 bits per heavy atom. The molecule has 128 valence electrons. The van der Waals surface area contributed by atoms with E-state index in [9.17, 15) is 19.5 Å². The Kier molecular flexibility index (Phi) is 3.88. The highest BCUT2D eigenvalue weighted by Gasteiger charge is 2.41. The lowest BCUT2D eigenvalue weighted by Crippen LogP contribution is -2.56. The Morgan fingerprint density at radius 1 is 1.46 bits per heavy atom. The van der Waals surface area contributed by atoms with Crippen LogP contribution in [-0.2, 0) is 7.05 Å². The summed E-state index contributed by atoms with van der Waals surface area (Å²) in [4.78, 5) is 39.4. The number of aryl methyl sites for hydroxylation is 1. The summed E-state index contributed by atoms with van der Waals surface area (Å²) in [6.45, 7) is 2.05. The molecule has 2 aromatic rings. The van der Waals surface area contributed by atoms with E-state index < -0.39 is 22.9 Å². The third-order valence-corrected chi connectivity index (χ3v) is 4.33. The smallest absolute Gasteiger partial charge is 0.328 e. The van der Waals surface area contributed by atoms with Gasteiger partial charge in [-0.2, -0.15) is 5.10 Å². The van der Waals surface area contributed by atoms with Crippen LogP contribution >= 0.6 is 0 Å². The number of H-pyrrole nitrogens is 1. The maximum atomic E-state index is 12.5. The topological polar surface area (TPSA) is 113 Å². The van der Waals surface area contributed by atoms with Crippen LogP contribution in [0.25, 0.3) is 0 Å². The molecule has 24 heavy (non-hydrogen) atoms. The van der Waals surface area contributed by atoms with Gasteiger partial charge in [0.15, 0.2) is 0 Å². The SMILES string of the molecule is Cn1cc(C(=O)N2CC[C@@H](n3ccc(=O)[nH]c3=O)[C@](C)(O)C2)cn1. The van der Waals surface area contributed by atoms with Gasteiger partial charge in [0, 0.05) is 32.1 Å². The van der Waals surface area contributed by atoms with Crippen LogP contribution in [-0.4, -0.2) is 53.9 Å². The Balaban J connectivity index is 1.83. The van der Waals surface area contributed by atoms with Gasteiger partial charge in [-0.05, 0) is 13.3 Å². The highest BCUT2D eigenvalue weighted by Crippen LogP contribution is 2.31. The maximum absolute atomic E-state index is 12.5. The molecule has 9 nitrogen and oxygen atoms in total. The molecule has 2 atom stereocenters. The van der Waals surface area contributed by atoms with Crippen LogP contribution in [0.3, 0.4) is 0 Å². The highest BCUT2D eigenvalue weighted by atomic mass is 16.3. The van der Waals surface area contributed by atoms with E-state index in [1.54, 1.807) is 25.1 Å². The number of aliphatic hydroxyl groups is 1. The number of likely N-dealkylation sites (tertiary alicyclic amines) is 1. The van der Waals surface area contributed by atoms with Crippen molar-refractivity contribution in [1.82, 2.24) is 24.2 Å². The lowest BCUT2D eigenvalue weighted by Gasteiger charge is -2.43. The van der Waals surface area contributed by atoms with Crippen molar-refractivity contribution in [1.29, 1.82) is 0 Å². The fourth-order valence-electron chi connectivity index (χ4n) is 3.16. The maximum Gasteiger partial charge on any atom is 0.328 e.